The van der Waals surface area contributed by atoms with Crippen LogP contribution in [0.4, 0.5) is 15.8 Å². The molecule has 0 fully saturated rings. The van der Waals surface area contributed by atoms with Crippen molar-refractivity contribution in [3.63, 3.8) is 0 Å². The molecule has 2 aromatic heterocycles. The van der Waals surface area contributed by atoms with Gasteiger partial charge < -0.3 is 25.1 Å². The van der Waals surface area contributed by atoms with Gasteiger partial charge in [0.05, 0.1) is 42.5 Å². The molecule has 4 heterocycles. The first-order valence-corrected chi connectivity index (χ1v) is 11.8. The standard InChI is InChI=1S/C27H29FN4O3/c1-15-7-8-17-13-30-27(33)22-23(17)32-24(18-9-11-29-14-21(18)35-12-10-16(15)2)25(22)31-20-6-4-5-19(28)26(20)34-3/h4-6,9,11,14,17,31-32H,7-8,10,12-13H2,1-3H3,(H,30,33)/b16-15+. The number of methoxy groups -OCH3 is 1. The van der Waals surface area contributed by atoms with Crippen LogP contribution in [-0.2, 0) is 0 Å². The van der Waals surface area contributed by atoms with E-state index in [1.165, 1.54) is 24.3 Å². The van der Waals surface area contributed by atoms with Crippen LogP contribution >= 0.6 is 0 Å². The summed E-state index contributed by atoms with van der Waals surface area (Å²) in [6.07, 6.45) is 6.02. The topological polar surface area (TPSA) is 88.3 Å². The Morgan fingerprint density at radius 2 is 2.03 bits per heavy atom. The minimum atomic E-state index is -0.488. The lowest BCUT2D eigenvalue weighted by molar-refractivity contribution is 0.0940. The molecular formula is C27H29FN4O3. The molecule has 2 aliphatic heterocycles. The molecule has 0 saturated carbocycles. The van der Waals surface area contributed by atoms with Crippen LogP contribution in [0.15, 0.2) is 47.8 Å². The summed E-state index contributed by atoms with van der Waals surface area (Å²) in [4.78, 5) is 21.0. The highest BCUT2D eigenvalue weighted by atomic mass is 19.1. The quantitative estimate of drug-likeness (QED) is 0.423. The van der Waals surface area contributed by atoms with Crippen LogP contribution in [0.25, 0.3) is 11.3 Å². The molecule has 0 aliphatic carbocycles. The minimum Gasteiger partial charge on any atom is -0.492 e. The average molecular weight is 477 g/mol. The van der Waals surface area contributed by atoms with Crippen LogP contribution in [-0.4, -0.2) is 36.1 Å². The average Bonchev–Trinajstić information content (AvgIpc) is 3.23. The fraction of sp³-hybridized carbons (Fsp3) is 0.333. The molecule has 1 atom stereocenters. The maximum Gasteiger partial charge on any atom is 0.255 e. The Morgan fingerprint density at radius 3 is 2.86 bits per heavy atom. The van der Waals surface area contributed by atoms with Gasteiger partial charge in [-0.25, -0.2) is 4.39 Å². The number of carbonyl (C=O) groups is 1. The molecule has 1 amide bonds. The zero-order valence-electron chi connectivity index (χ0n) is 20.1. The van der Waals surface area contributed by atoms with Crippen molar-refractivity contribution in [3.05, 3.63) is 64.9 Å². The Balaban J connectivity index is 1.72. The van der Waals surface area contributed by atoms with E-state index in [1.54, 1.807) is 24.5 Å². The number of carbonyl (C=O) groups excluding carboxylic acids is 1. The van der Waals surface area contributed by atoms with Crippen molar-refractivity contribution in [3.8, 4) is 22.8 Å². The van der Waals surface area contributed by atoms with Gasteiger partial charge in [-0.3, -0.25) is 9.78 Å². The highest BCUT2D eigenvalue weighted by molar-refractivity contribution is 6.07. The maximum absolute atomic E-state index is 14.5. The third-order valence-electron chi connectivity index (χ3n) is 6.99. The first-order chi connectivity index (χ1) is 17.0. The van der Waals surface area contributed by atoms with E-state index in [0.717, 1.165) is 30.5 Å². The van der Waals surface area contributed by atoms with E-state index in [-0.39, 0.29) is 17.6 Å². The Bertz CT molecular complexity index is 1310. The summed E-state index contributed by atoms with van der Waals surface area (Å²) in [5, 5.41) is 6.35. The second-order valence-electron chi connectivity index (χ2n) is 9.09. The number of aromatic nitrogens is 2. The molecule has 0 saturated heterocycles. The summed E-state index contributed by atoms with van der Waals surface area (Å²) in [6, 6.07) is 6.53. The third-order valence-corrected chi connectivity index (χ3v) is 6.99. The smallest absolute Gasteiger partial charge is 0.255 e. The van der Waals surface area contributed by atoms with Gasteiger partial charge in [0.15, 0.2) is 11.6 Å². The largest absolute Gasteiger partial charge is 0.492 e. The fourth-order valence-electron chi connectivity index (χ4n) is 4.82. The van der Waals surface area contributed by atoms with Gasteiger partial charge in [0.25, 0.3) is 5.91 Å². The van der Waals surface area contributed by atoms with Gasteiger partial charge in [-0.2, -0.15) is 0 Å². The summed E-state index contributed by atoms with van der Waals surface area (Å²) in [5.74, 6) is 0.142. The van der Waals surface area contributed by atoms with Gasteiger partial charge in [-0.15, -0.1) is 0 Å². The minimum absolute atomic E-state index is 0.0815. The molecular weight excluding hydrogens is 447 g/mol. The zero-order chi connectivity index (χ0) is 24.5. The Labute approximate surface area is 203 Å². The lowest BCUT2D eigenvalue weighted by Gasteiger charge is -2.24. The van der Waals surface area contributed by atoms with Crippen LogP contribution in [0.2, 0.25) is 0 Å². The Kier molecular flexibility index (Phi) is 6.19. The number of halogens is 1. The van der Waals surface area contributed by atoms with Gasteiger partial charge in [-0.05, 0) is 44.9 Å². The number of allylic oxidation sites excluding steroid dienone is 1. The van der Waals surface area contributed by atoms with Gasteiger partial charge in [0, 0.05) is 36.3 Å². The zero-order valence-corrected chi connectivity index (χ0v) is 20.1. The van der Waals surface area contributed by atoms with E-state index in [0.29, 0.717) is 41.5 Å². The van der Waals surface area contributed by atoms with E-state index in [4.69, 9.17) is 9.47 Å². The number of pyridine rings is 1. The predicted octanol–water partition coefficient (Wildman–Crippen LogP) is 5.69. The van der Waals surface area contributed by atoms with Crippen molar-refractivity contribution in [2.24, 2.45) is 0 Å². The second kappa shape index (κ2) is 9.44. The lowest BCUT2D eigenvalue weighted by Crippen LogP contribution is -2.35. The van der Waals surface area contributed by atoms with Gasteiger partial charge in [0.2, 0.25) is 0 Å². The van der Waals surface area contributed by atoms with Crippen LogP contribution in [0.5, 0.6) is 11.5 Å². The number of H-pyrrole nitrogens is 1. The number of amides is 1. The van der Waals surface area contributed by atoms with Crippen molar-refractivity contribution >= 4 is 17.3 Å². The number of ether oxygens (including phenoxy) is 2. The fourth-order valence-corrected chi connectivity index (χ4v) is 4.82. The number of hydrogen-bond donors (Lipinski definition) is 3. The highest BCUT2D eigenvalue weighted by Gasteiger charge is 2.34. The third kappa shape index (κ3) is 4.24. The summed E-state index contributed by atoms with van der Waals surface area (Å²) in [6.45, 7) is 5.39. The molecule has 3 aromatic rings. The van der Waals surface area contributed by atoms with Crippen molar-refractivity contribution in [2.75, 3.05) is 25.6 Å². The number of hydrogen-bond acceptors (Lipinski definition) is 5. The number of aromatic amines is 1. The summed E-state index contributed by atoms with van der Waals surface area (Å²) < 4.78 is 26.0. The van der Waals surface area contributed by atoms with Crippen molar-refractivity contribution in [1.29, 1.82) is 0 Å². The van der Waals surface area contributed by atoms with Crippen LogP contribution in [0, 0.1) is 5.82 Å². The number of anilines is 2. The summed E-state index contributed by atoms with van der Waals surface area (Å²) >= 11 is 0. The molecule has 8 heteroatoms. The summed E-state index contributed by atoms with van der Waals surface area (Å²) in [5.41, 5.74) is 6.52. The van der Waals surface area contributed by atoms with Crippen molar-refractivity contribution < 1.29 is 18.7 Å². The Morgan fingerprint density at radius 1 is 1.20 bits per heavy atom. The van der Waals surface area contributed by atoms with Crippen LogP contribution in [0.3, 0.4) is 0 Å². The number of para-hydroxylation sites is 1. The van der Waals surface area contributed by atoms with E-state index in [9.17, 15) is 9.18 Å². The second-order valence-corrected chi connectivity index (χ2v) is 9.09. The van der Waals surface area contributed by atoms with Gasteiger partial charge >= 0.3 is 0 Å². The summed E-state index contributed by atoms with van der Waals surface area (Å²) in [7, 11) is 1.42. The lowest BCUT2D eigenvalue weighted by atomic mass is 9.90. The van der Waals surface area contributed by atoms with Gasteiger partial charge in [-0.1, -0.05) is 17.2 Å². The molecule has 182 valence electrons. The van der Waals surface area contributed by atoms with E-state index < -0.39 is 5.82 Å². The van der Waals surface area contributed by atoms with Gasteiger partial charge in [0.1, 0.15) is 5.75 Å². The van der Waals surface area contributed by atoms with Crippen LogP contribution in [0.1, 0.15) is 55.1 Å². The molecule has 0 spiro atoms. The van der Waals surface area contributed by atoms with Crippen LogP contribution < -0.4 is 20.1 Å². The molecule has 0 radical (unpaired) electrons. The normalized spacial score (nSPS) is 19.9. The highest BCUT2D eigenvalue weighted by Crippen LogP contribution is 2.44. The van der Waals surface area contributed by atoms with E-state index in [1.807, 2.05) is 6.07 Å². The molecule has 1 aromatic carbocycles. The molecule has 2 aliphatic rings. The van der Waals surface area contributed by atoms with E-state index >= 15 is 0 Å². The first kappa shape index (κ1) is 23.0. The number of rotatable bonds is 3. The SMILES string of the molecule is COc1c(F)cccc1Nc1c2[nH]c3c1C(=O)NCC3CC/C(C)=C(\C)CCOc1cnccc1-2. The number of nitrogens with one attached hydrogen (secondary N) is 3. The van der Waals surface area contributed by atoms with E-state index in [2.05, 4.69) is 34.4 Å². The number of fused-ring (bicyclic) bond motifs is 3. The monoisotopic (exact) mass is 476 g/mol. The molecule has 1 unspecified atom stereocenters. The van der Waals surface area contributed by atoms with Crippen molar-refractivity contribution in [1.82, 2.24) is 15.3 Å². The van der Waals surface area contributed by atoms with Crippen molar-refractivity contribution in [2.45, 2.75) is 39.0 Å². The first-order valence-electron chi connectivity index (χ1n) is 11.8. The molecule has 7 nitrogen and oxygen atoms in total. The number of nitrogens with zero attached hydrogens (tertiary/aromatic N) is 1. The Hall–Kier alpha value is -3.81. The molecule has 2 bridgehead atoms. The molecule has 35 heavy (non-hydrogen) atoms. The predicted molar refractivity (Wildman–Crippen MR) is 133 cm³/mol. The maximum atomic E-state index is 14.5. The molecule has 5 rings (SSSR count). The molecule has 3 N–H and O–H groups in total. The number of benzene rings is 1.